The first-order valence-electron chi connectivity index (χ1n) is 7.26. The van der Waals surface area contributed by atoms with Gasteiger partial charge in [-0.3, -0.25) is 4.79 Å². The Morgan fingerprint density at radius 1 is 1.33 bits per heavy atom. The third-order valence-corrected chi connectivity index (χ3v) is 4.87. The normalized spacial score (nSPS) is 19.2. The van der Waals surface area contributed by atoms with Crippen LogP contribution in [0.1, 0.15) is 25.7 Å². The van der Waals surface area contributed by atoms with Gasteiger partial charge in [0.2, 0.25) is 5.91 Å². The molecule has 0 spiro atoms. The number of piperidine rings is 1. The van der Waals surface area contributed by atoms with Crippen LogP contribution in [0.5, 0.6) is 0 Å². The molecule has 1 unspecified atom stereocenters. The van der Waals surface area contributed by atoms with Gasteiger partial charge in [-0.2, -0.15) is 0 Å². The Morgan fingerprint density at radius 3 is 2.62 bits per heavy atom. The zero-order valence-corrected chi connectivity index (χ0v) is 13.1. The van der Waals surface area contributed by atoms with Crippen molar-refractivity contribution in [1.82, 2.24) is 5.32 Å². The summed E-state index contributed by atoms with van der Waals surface area (Å²) in [6.45, 7) is 2.08. The van der Waals surface area contributed by atoms with E-state index in [2.05, 4.69) is 10.6 Å². The summed E-state index contributed by atoms with van der Waals surface area (Å²) in [5, 5.41) is 6.15. The van der Waals surface area contributed by atoms with Crippen molar-refractivity contribution < 1.29 is 13.2 Å². The fourth-order valence-electron chi connectivity index (χ4n) is 2.51. The molecule has 1 atom stereocenters. The number of nitrogens with one attached hydrogen (secondary N) is 2. The van der Waals surface area contributed by atoms with E-state index in [4.69, 9.17) is 0 Å². The lowest BCUT2D eigenvalue weighted by atomic mass is 9.94. The summed E-state index contributed by atoms with van der Waals surface area (Å²) in [6, 6.07) is 6.26. The monoisotopic (exact) mass is 310 g/mol. The smallest absolute Gasteiger partial charge is 0.224 e. The molecule has 0 aliphatic carbocycles. The van der Waals surface area contributed by atoms with E-state index >= 15 is 0 Å². The average Bonchev–Trinajstić information content (AvgIpc) is 2.46. The van der Waals surface area contributed by atoms with Gasteiger partial charge in [-0.15, -0.1) is 0 Å². The van der Waals surface area contributed by atoms with Crippen LogP contribution in [0.25, 0.3) is 0 Å². The Bertz CT molecular complexity index is 575. The lowest BCUT2D eigenvalue weighted by Crippen LogP contribution is -2.30. The highest BCUT2D eigenvalue weighted by molar-refractivity contribution is 7.90. The number of anilines is 1. The third kappa shape index (κ3) is 5.13. The Kier molecular flexibility index (Phi) is 5.36. The van der Waals surface area contributed by atoms with Gasteiger partial charge < -0.3 is 10.6 Å². The third-order valence-electron chi connectivity index (χ3n) is 3.74. The first-order valence-corrected chi connectivity index (χ1v) is 9.15. The minimum atomic E-state index is -3.19. The molecular weight excluding hydrogens is 288 g/mol. The molecule has 1 heterocycles. The summed E-state index contributed by atoms with van der Waals surface area (Å²) in [5.41, 5.74) is 0.633. The van der Waals surface area contributed by atoms with Crippen molar-refractivity contribution in [1.29, 1.82) is 0 Å². The predicted octanol–water partition coefficient (Wildman–Crippen LogP) is 1.81. The van der Waals surface area contributed by atoms with E-state index in [1.54, 1.807) is 12.1 Å². The van der Waals surface area contributed by atoms with Crippen LogP contribution in [-0.2, 0) is 14.6 Å². The van der Waals surface area contributed by atoms with Gasteiger partial charge in [0.25, 0.3) is 0 Å². The summed E-state index contributed by atoms with van der Waals surface area (Å²) in [4.78, 5) is 12.1. The average molecular weight is 310 g/mol. The molecular formula is C15H22N2O3S. The van der Waals surface area contributed by atoms with Crippen LogP contribution in [0.2, 0.25) is 0 Å². The summed E-state index contributed by atoms with van der Waals surface area (Å²) >= 11 is 0. The summed E-state index contributed by atoms with van der Waals surface area (Å²) in [6.07, 6.45) is 4.92. The van der Waals surface area contributed by atoms with Crippen molar-refractivity contribution in [2.24, 2.45) is 5.92 Å². The van der Waals surface area contributed by atoms with Crippen LogP contribution < -0.4 is 10.6 Å². The van der Waals surface area contributed by atoms with Crippen molar-refractivity contribution in [3.05, 3.63) is 24.3 Å². The van der Waals surface area contributed by atoms with Crippen molar-refractivity contribution >= 4 is 21.4 Å². The maximum Gasteiger partial charge on any atom is 0.224 e. The lowest BCUT2D eigenvalue weighted by Gasteiger charge is -2.22. The maximum atomic E-state index is 11.9. The molecule has 1 fully saturated rings. The topological polar surface area (TPSA) is 75.3 Å². The molecule has 2 rings (SSSR count). The standard InChI is InChI=1S/C15H22N2O3S/c1-21(19,20)14-7-5-13(6-8-14)17-15(18)9-4-12-3-2-10-16-11-12/h5-8,12,16H,2-4,9-11H2,1H3,(H,17,18). The number of amides is 1. The first-order chi connectivity index (χ1) is 9.95. The molecule has 2 N–H and O–H groups in total. The number of rotatable bonds is 5. The highest BCUT2D eigenvalue weighted by atomic mass is 32.2. The molecule has 1 aliphatic rings. The van der Waals surface area contributed by atoms with Crippen molar-refractivity contribution in [3.63, 3.8) is 0 Å². The fraction of sp³-hybridized carbons (Fsp3) is 0.533. The SMILES string of the molecule is CS(=O)(=O)c1ccc(NC(=O)CCC2CCCNC2)cc1. The molecule has 5 nitrogen and oxygen atoms in total. The van der Waals surface area contributed by atoms with E-state index < -0.39 is 9.84 Å². The van der Waals surface area contributed by atoms with Crippen LogP contribution in [-0.4, -0.2) is 33.7 Å². The van der Waals surface area contributed by atoms with Crippen LogP contribution >= 0.6 is 0 Å². The predicted molar refractivity (Wildman–Crippen MR) is 83.0 cm³/mol. The number of hydrogen-bond acceptors (Lipinski definition) is 4. The quantitative estimate of drug-likeness (QED) is 0.870. The number of carbonyl (C=O) groups is 1. The molecule has 1 aliphatic heterocycles. The maximum absolute atomic E-state index is 11.9. The zero-order valence-electron chi connectivity index (χ0n) is 12.3. The van der Waals surface area contributed by atoms with Crippen LogP contribution in [0.15, 0.2) is 29.2 Å². The first kappa shape index (κ1) is 16.0. The lowest BCUT2D eigenvalue weighted by molar-refractivity contribution is -0.116. The summed E-state index contributed by atoms with van der Waals surface area (Å²) < 4.78 is 22.7. The summed E-state index contributed by atoms with van der Waals surface area (Å²) in [7, 11) is -3.19. The summed E-state index contributed by atoms with van der Waals surface area (Å²) in [5.74, 6) is 0.560. The molecule has 6 heteroatoms. The zero-order chi connectivity index (χ0) is 15.3. The van der Waals surface area contributed by atoms with E-state index in [9.17, 15) is 13.2 Å². The minimum absolute atomic E-state index is 0.0207. The minimum Gasteiger partial charge on any atom is -0.326 e. The Balaban J connectivity index is 1.82. The van der Waals surface area contributed by atoms with E-state index in [-0.39, 0.29) is 10.8 Å². The molecule has 21 heavy (non-hydrogen) atoms. The second kappa shape index (κ2) is 7.04. The number of carbonyl (C=O) groups excluding carboxylic acids is 1. The van der Waals surface area contributed by atoms with Gasteiger partial charge in [0.15, 0.2) is 9.84 Å². The van der Waals surface area contributed by atoms with Crippen LogP contribution in [0.3, 0.4) is 0 Å². The fourth-order valence-corrected chi connectivity index (χ4v) is 3.15. The molecule has 0 saturated carbocycles. The largest absolute Gasteiger partial charge is 0.326 e. The van der Waals surface area contributed by atoms with E-state index in [0.29, 0.717) is 18.0 Å². The molecule has 116 valence electrons. The van der Waals surface area contributed by atoms with Gasteiger partial charge in [-0.25, -0.2) is 8.42 Å². The molecule has 0 aromatic heterocycles. The van der Waals surface area contributed by atoms with Gasteiger partial charge in [0, 0.05) is 18.4 Å². The molecule has 1 aromatic rings. The van der Waals surface area contributed by atoms with Gasteiger partial charge in [0.05, 0.1) is 4.90 Å². The Labute approximate surface area is 126 Å². The van der Waals surface area contributed by atoms with Gasteiger partial charge >= 0.3 is 0 Å². The van der Waals surface area contributed by atoms with Crippen LogP contribution in [0.4, 0.5) is 5.69 Å². The molecule has 1 aromatic carbocycles. The van der Waals surface area contributed by atoms with Crippen molar-refractivity contribution in [2.75, 3.05) is 24.7 Å². The Morgan fingerprint density at radius 2 is 2.05 bits per heavy atom. The second-order valence-electron chi connectivity index (χ2n) is 5.60. The number of sulfone groups is 1. The van der Waals surface area contributed by atoms with E-state index in [0.717, 1.165) is 19.5 Å². The molecule has 1 saturated heterocycles. The molecule has 0 bridgehead atoms. The van der Waals surface area contributed by atoms with Gasteiger partial charge in [-0.05, 0) is 62.5 Å². The van der Waals surface area contributed by atoms with E-state index in [1.807, 2.05) is 0 Å². The van der Waals surface area contributed by atoms with E-state index in [1.165, 1.54) is 31.2 Å². The highest BCUT2D eigenvalue weighted by Crippen LogP contribution is 2.17. The van der Waals surface area contributed by atoms with Crippen LogP contribution in [0, 0.1) is 5.92 Å². The van der Waals surface area contributed by atoms with Crippen molar-refractivity contribution in [2.45, 2.75) is 30.6 Å². The number of benzene rings is 1. The van der Waals surface area contributed by atoms with Gasteiger partial charge in [-0.1, -0.05) is 0 Å². The van der Waals surface area contributed by atoms with Crippen molar-refractivity contribution in [3.8, 4) is 0 Å². The Hall–Kier alpha value is -1.40. The van der Waals surface area contributed by atoms with Gasteiger partial charge in [0.1, 0.15) is 0 Å². The number of hydrogen-bond donors (Lipinski definition) is 2. The molecule has 1 amide bonds. The second-order valence-corrected chi connectivity index (χ2v) is 7.61. The highest BCUT2D eigenvalue weighted by Gasteiger charge is 2.14. The molecule has 0 radical (unpaired) electrons.